The van der Waals surface area contributed by atoms with E-state index in [1.807, 2.05) is 42.5 Å². The van der Waals surface area contributed by atoms with Crippen LogP contribution < -0.4 is 21.3 Å². The standard InChI is InChI=1S/C22H28N4O2/c1-16(17-10-12-23-13-11-17)14-21(27)24-19-8-5-9-20(15-19)26-22(28)25-18-6-3-2-4-7-18/h2-9,15-17,23H,10-14H2,1H3,(H,24,27)(H2,25,26,28). The van der Waals surface area contributed by atoms with Gasteiger partial charge in [-0.25, -0.2) is 4.79 Å². The van der Waals surface area contributed by atoms with Crippen molar-refractivity contribution in [1.82, 2.24) is 5.32 Å². The molecule has 1 atom stereocenters. The Morgan fingerprint density at radius 3 is 2.25 bits per heavy atom. The number of amides is 3. The number of piperidine rings is 1. The third-order valence-electron chi connectivity index (χ3n) is 5.13. The largest absolute Gasteiger partial charge is 0.326 e. The molecule has 148 valence electrons. The minimum Gasteiger partial charge on any atom is -0.326 e. The van der Waals surface area contributed by atoms with E-state index in [0.717, 1.165) is 31.6 Å². The van der Waals surface area contributed by atoms with Crippen LogP contribution in [0.4, 0.5) is 21.9 Å². The molecule has 1 aliphatic heterocycles. The number of urea groups is 1. The molecule has 6 nitrogen and oxygen atoms in total. The van der Waals surface area contributed by atoms with Gasteiger partial charge in [0.2, 0.25) is 5.91 Å². The Morgan fingerprint density at radius 1 is 0.929 bits per heavy atom. The van der Waals surface area contributed by atoms with E-state index in [1.165, 1.54) is 0 Å². The summed E-state index contributed by atoms with van der Waals surface area (Å²) in [4.78, 5) is 24.5. The van der Waals surface area contributed by atoms with Crippen LogP contribution in [0.15, 0.2) is 54.6 Å². The highest BCUT2D eigenvalue weighted by molar-refractivity contribution is 6.00. The van der Waals surface area contributed by atoms with E-state index in [9.17, 15) is 9.59 Å². The molecule has 0 bridgehead atoms. The molecule has 4 N–H and O–H groups in total. The van der Waals surface area contributed by atoms with Gasteiger partial charge in [-0.15, -0.1) is 0 Å². The van der Waals surface area contributed by atoms with Gasteiger partial charge in [0.05, 0.1) is 0 Å². The molecule has 0 spiro atoms. The van der Waals surface area contributed by atoms with Crippen LogP contribution in [-0.2, 0) is 4.79 Å². The van der Waals surface area contributed by atoms with E-state index >= 15 is 0 Å². The number of rotatable bonds is 6. The first-order chi connectivity index (χ1) is 13.6. The fourth-order valence-corrected chi connectivity index (χ4v) is 3.57. The van der Waals surface area contributed by atoms with Crippen LogP contribution in [0, 0.1) is 11.8 Å². The summed E-state index contributed by atoms with van der Waals surface area (Å²) < 4.78 is 0. The molecule has 28 heavy (non-hydrogen) atoms. The van der Waals surface area contributed by atoms with E-state index in [4.69, 9.17) is 0 Å². The van der Waals surface area contributed by atoms with Crippen LogP contribution in [0.2, 0.25) is 0 Å². The lowest BCUT2D eigenvalue weighted by atomic mass is 9.84. The number of para-hydroxylation sites is 1. The van der Waals surface area contributed by atoms with Gasteiger partial charge in [0.15, 0.2) is 0 Å². The van der Waals surface area contributed by atoms with Gasteiger partial charge in [0.1, 0.15) is 0 Å². The highest BCUT2D eigenvalue weighted by Crippen LogP contribution is 2.25. The minimum absolute atomic E-state index is 0.0110. The van der Waals surface area contributed by atoms with Crippen molar-refractivity contribution in [2.24, 2.45) is 11.8 Å². The first-order valence-electron chi connectivity index (χ1n) is 9.84. The third-order valence-corrected chi connectivity index (χ3v) is 5.13. The lowest BCUT2D eigenvalue weighted by molar-refractivity contribution is -0.117. The molecule has 6 heteroatoms. The lowest BCUT2D eigenvalue weighted by Gasteiger charge is -2.27. The van der Waals surface area contributed by atoms with Crippen molar-refractivity contribution >= 4 is 29.0 Å². The summed E-state index contributed by atoms with van der Waals surface area (Å²) >= 11 is 0. The van der Waals surface area contributed by atoms with Crippen molar-refractivity contribution in [3.8, 4) is 0 Å². The maximum absolute atomic E-state index is 12.4. The smallest absolute Gasteiger partial charge is 0.323 e. The van der Waals surface area contributed by atoms with Gasteiger partial charge >= 0.3 is 6.03 Å². The molecule has 1 unspecified atom stereocenters. The Kier molecular flexibility index (Phi) is 7.03. The molecule has 2 aromatic carbocycles. The second-order valence-corrected chi connectivity index (χ2v) is 7.34. The molecule has 2 aromatic rings. The van der Waals surface area contributed by atoms with E-state index in [-0.39, 0.29) is 11.9 Å². The molecule has 0 radical (unpaired) electrons. The molecule has 1 heterocycles. The van der Waals surface area contributed by atoms with Gasteiger partial charge in [0.25, 0.3) is 0 Å². The fourth-order valence-electron chi connectivity index (χ4n) is 3.57. The quantitative estimate of drug-likeness (QED) is 0.603. The third kappa shape index (κ3) is 6.09. The maximum atomic E-state index is 12.4. The zero-order chi connectivity index (χ0) is 19.8. The predicted molar refractivity (Wildman–Crippen MR) is 114 cm³/mol. The summed E-state index contributed by atoms with van der Waals surface area (Å²) in [7, 11) is 0. The van der Waals surface area contributed by atoms with Gasteiger partial charge < -0.3 is 21.3 Å². The maximum Gasteiger partial charge on any atom is 0.323 e. The fraction of sp³-hybridized carbons (Fsp3) is 0.364. The van der Waals surface area contributed by atoms with Crippen LogP contribution in [0.1, 0.15) is 26.2 Å². The van der Waals surface area contributed by atoms with Gasteiger partial charge in [0, 0.05) is 23.5 Å². The average Bonchev–Trinajstić information content (AvgIpc) is 2.69. The van der Waals surface area contributed by atoms with Crippen molar-refractivity contribution in [3.63, 3.8) is 0 Å². The number of carbonyl (C=O) groups excluding carboxylic acids is 2. The second-order valence-electron chi connectivity index (χ2n) is 7.34. The monoisotopic (exact) mass is 380 g/mol. The van der Waals surface area contributed by atoms with Crippen LogP contribution in [0.25, 0.3) is 0 Å². The van der Waals surface area contributed by atoms with Crippen molar-refractivity contribution in [2.75, 3.05) is 29.0 Å². The molecule has 1 fully saturated rings. The Balaban J connectivity index is 1.51. The number of carbonyl (C=O) groups is 2. The predicted octanol–water partition coefficient (Wildman–Crippen LogP) is 4.29. The minimum atomic E-state index is -0.325. The van der Waals surface area contributed by atoms with Crippen molar-refractivity contribution in [2.45, 2.75) is 26.2 Å². The van der Waals surface area contributed by atoms with Crippen LogP contribution in [0.3, 0.4) is 0 Å². The molecule has 3 rings (SSSR count). The molecule has 3 amide bonds. The van der Waals surface area contributed by atoms with E-state index in [1.54, 1.807) is 12.1 Å². The average molecular weight is 380 g/mol. The number of anilines is 3. The number of hydrogen-bond donors (Lipinski definition) is 4. The topological polar surface area (TPSA) is 82.3 Å². The van der Waals surface area contributed by atoms with Crippen LogP contribution >= 0.6 is 0 Å². The summed E-state index contributed by atoms with van der Waals surface area (Å²) in [5.41, 5.74) is 2.02. The Labute approximate surface area is 166 Å². The van der Waals surface area contributed by atoms with Gasteiger partial charge in [-0.05, 0) is 68.1 Å². The highest BCUT2D eigenvalue weighted by atomic mass is 16.2. The lowest BCUT2D eigenvalue weighted by Crippen LogP contribution is -2.32. The summed E-state index contributed by atoms with van der Waals surface area (Å²) in [5, 5.41) is 11.9. The molecular formula is C22H28N4O2. The van der Waals surface area contributed by atoms with E-state index in [2.05, 4.69) is 28.2 Å². The Hall–Kier alpha value is -2.86. The van der Waals surface area contributed by atoms with Crippen LogP contribution in [0.5, 0.6) is 0 Å². The first-order valence-corrected chi connectivity index (χ1v) is 9.84. The van der Waals surface area contributed by atoms with Crippen molar-refractivity contribution in [3.05, 3.63) is 54.6 Å². The molecule has 1 aliphatic rings. The molecule has 0 saturated carbocycles. The SMILES string of the molecule is CC(CC(=O)Nc1cccc(NC(=O)Nc2ccccc2)c1)C1CCNCC1. The van der Waals surface area contributed by atoms with Crippen molar-refractivity contribution in [1.29, 1.82) is 0 Å². The van der Waals surface area contributed by atoms with E-state index < -0.39 is 0 Å². The zero-order valence-corrected chi connectivity index (χ0v) is 16.2. The number of benzene rings is 2. The van der Waals surface area contributed by atoms with Gasteiger partial charge in [-0.2, -0.15) is 0 Å². The summed E-state index contributed by atoms with van der Waals surface area (Å²) in [6.45, 7) is 4.23. The number of nitrogens with one attached hydrogen (secondary N) is 4. The highest BCUT2D eigenvalue weighted by Gasteiger charge is 2.22. The zero-order valence-electron chi connectivity index (χ0n) is 16.2. The van der Waals surface area contributed by atoms with Crippen LogP contribution in [-0.4, -0.2) is 25.0 Å². The molecule has 1 saturated heterocycles. The second kappa shape index (κ2) is 9.90. The number of hydrogen-bond acceptors (Lipinski definition) is 3. The Morgan fingerprint density at radius 2 is 1.54 bits per heavy atom. The van der Waals surface area contributed by atoms with Gasteiger partial charge in [-0.1, -0.05) is 31.2 Å². The summed E-state index contributed by atoms with van der Waals surface area (Å²) in [6.07, 6.45) is 2.77. The normalized spacial score (nSPS) is 15.5. The molecular weight excluding hydrogens is 352 g/mol. The molecule has 0 aliphatic carbocycles. The molecule has 0 aromatic heterocycles. The summed E-state index contributed by atoms with van der Waals surface area (Å²) in [6, 6.07) is 16.1. The van der Waals surface area contributed by atoms with Gasteiger partial charge in [-0.3, -0.25) is 4.79 Å². The van der Waals surface area contributed by atoms with E-state index in [0.29, 0.717) is 29.6 Å². The first kappa shape index (κ1) is 19.9. The van der Waals surface area contributed by atoms with Crippen molar-refractivity contribution < 1.29 is 9.59 Å². The Bertz CT molecular complexity index is 788. The summed E-state index contributed by atoms with van der Waals surface area (Å²) in [5.74, 6) is 0.971.